The first-order chi connectivity index (χ1) is 17.6. The fourth-order valence-corrected chi connectivity index (χ4v) is 8.08. The second-order valence-electron chi connectivity index (χ2n) is 7.14. The van der Waals surface area contributed by atoms with Gasteiger partial charge in [0.1, 0.15) is 30.2 Å². The van der Waals surface area contributed by atoms with Crippen molar-refractivity contribution in [3.05, 3.63) is 12.7 Å². The van der Waals surface area contributed by atoms with Crippen LogP contribution in [0.1, 0.15) is 6.23 Å². The van der Waals surface area contributed by atoms with Gasteiger partial charge < -0.3 is 49.8 Å². The van der Waals surface area contributed by atoms with E-state index in [-0.39, 0.29) is 17.0 Å². The third-order valence-corrected chi connectivity index (χ3v) is 10.2. The van der Waals surface area contributed by atoms with Crippen LogP contribution in [0, 0.1) is 0 Å². The standard InChI is InChI=1S/C10H18N5O19P5/c11-8-5-9(13-2-12-8)15(3-14-5)10-6(16)7(31-35(17,18)19)4(30-10)1-29-37(23,24)33-39(27,28)34-38(25,26)32-36(20,21)22/h2-4,6-7,10,16H,1H2,(H,23,24)(H,25,26)(H,27,28)(H2,11,12,13)(H2,17,18,19)(H2,20,21,22)/t4-,6+,7?,10-/m1/s1. The van der Waals surface area contributed by atoms with E-state index in [1.807, 2.05) is 0 Å². The summed E-state index contributed by atoms with van der Waals surface area (Å²) in [7, 11) is -29.1. The van der Waals surface area contributed by atoms with Gasteiger partial charge in [-0.1, -0.05) is 0 Å². The van der Waals surface area contributed by atoms with Crippen molar-refractivity contribution >= 4 is 56.1 Å². The molecule has 0 radical (unpaired) electrons. The highest BCUT2D eigenvalue weighted by Gasteiger charge is 2.51. The van der Waals surface area contributed by atoms with Gasteiger partial charge in [-0.05, 0) is 0 Å². The van der Waals surface area contributed by atoms with Crippen molar-refractivity contribution in [2.75, 3.05) is 12.3 Å². The Morgan fingerprint density at radius 3 is 2.05 bits per heavy atom. The molecule has 0 aromatic carbocycles. The number of ether oxygens (including phenoxy) is 1. The summed E-state index contributed by atoms with van der Waals surface area (Å²) in [6.07, 6.45) is -5.31. The Morgan fingerprint density at radius 1 is 0.872 bits per heavy atom. The van der Waals surface area contributed by atoms with Gasteiger partial charge in [0.25, 0.3) is 0 Å². The second-order valence-corrected chi connectivity index (χ2v) is 14.3. The molecule has 10 N–H and O–H groups in total. The molecule has 222 valence electrons. The number of nitrogens with zero attached hydrogens (tertiary/aromatic N) is 4. The Bertz CT molecular complexity index is 1450. The number of imidazole rings is 1. The minimum Gasteiger partial charge on any atom is -0.386 e. The summed E-state index contributed by atoms with van der Waals surface area (Å²) in [6, 6.07) is 0. The molecular weight excluding hydrogens is 649 g/mol. The monoisotopic (exact) mass is 667 g/mol. The van der Waals surface area contributed by atoms with Crippen LogP contribution in [0.25, 0.3) is 11.2 Å². The minimum atomic E-state index is -6.13. The minimum absolute atomic E-state index is 0.0245. The normalized spacial score (nSPS) is 27.2. The molecule has 24 nitrogen and oxygen atoms in total. The lowest BCUT2D eigenvalue weighted by molar-refractivity contribution is -0.0501. The largest absolute Gasteiger partial charge is 0.490 e. The highest BCUT2D eigenvalue weighted by molar-refractivity contribution is 7.69. The molecule has 2 aromatic rings. The van der Waals surface area contributed by atoms with E-state index in [1.165, 1.54) is 0 Å². The van der Waals surface area contributed by atoms with Gasteiger partial charge in [0.2, 0.25) is 0 Å². The van der Waals surface area contributed by atoms with E-state index in [2.05, 4.69) is 36.9 Å². The molecule has 0 spiro atoms. The predicted molar refractivity (Wildman–Crippen MR) is 117 cm³/mol. The molecule has 39 heavy (non-hydrogen) atoms. The number of nitrogens with two attached hydrogens (primary N) is 1. The molecule has 0 saturated carbocycles. The van der Waals surface area contributed by atoms with Gasteiger partial charge >= 0.3 is 39.1 Å². The zero-order valence-corrected chi connectivity index (χ0v) is 22.8. The Kier molecular flexibility index (Phi) is 9.42. The zero-order valence-electron chi connectivity index (χ0n) is 18.3. The Hall–Kier alpha value is -1.06. The Labute approximate surface area is 214 Å². The molecule has 0 aliphatic carbocycles. The first kappa shape index (κ1) is 32.5. The summed E-state index contributed by atoms with van der Waals surface area (Å²) >= 11 is 0. The summed E-state index contributed by atoms with van der Waals surface area (Å²) in [5.41, 5.74) is 5.68. The number of hydrogen-bond acceptors (Lipinski definition) is 16. The molecule has 1 saturated heterocycles. The summed E-state index contributed by atoms with van der Waals surface area (Å²) < 4.78 is 83.2. The highest BCUT2D eigenvalue weighted by Crippen LogP contribution is 2.70. The molecule has 3 rings (SSSR count). The van der Waals surface area contributed by atoms with E-state index < -0.39 is 70.3 Å². The van der Waals surface area contributed by atoms with Crippen molar-refractivity contribution in [3.8, 4) is 0 Å². The number of hydrogen-bond donors (Lipinski definition) is 9. The first-order valence-corrected chi connectivity index (χ1v) is 17.0. The van der Waals surface area contributed by atoms with Gasteiger partial charge in [0, 0.05) is 0 Å². The predicted octanol–water partition coefficient (Wildman–Crippen LogP) is -1.40. The van der Waals surface area contributed by atoms with Gasteiger partial charge in [-0.25, -0.2) is 37.8 Å². The number of phosphoric ester groups is 2. The number of aliphatic hydroxyl groups excluding tert-OH is 1. The van der Waals surface area contributed by atoms with E-state index in [4.69, 9.17) is 25.2 Å². The molecule has 29 heteroatoms. The van der Waals surface area contributed by atoms with Crippen molar-refractivity contribution < 1.29 is 88.9 Å². The van der Waals surface area contributed by atoms with Gasteiger partial charge in [-0.15, -0.1) is 0 Å². The Morgan fingerprint density at radius 2 is 1.46 bits per heavy atom. The van der Waals surface area contributed by atoms with Crippen LogP contribution in [-0.2, 0) is 49.5 Å². The number of phosphoric acid groups is 5. The van der Waals surface area contributed by atoms with Crippen molar-refractivity contribution in [2.45, 2.75) is 24.5 Å². The van der Waals surface area contributed by atoms with Crippen LogP contribution in [-0.4, -0.2) is 83.8 Å². The number of aromatic nitrogens is 4. The van der Waals surface area contributed by atoms with Crippen LogP contribution in [0.5, 0.6) is 0 Å². The fourth-order valence-electron chi connectivity index (χ4n) is 3.04. The molecule has 0 amide bonds. The van der Waals surface area contributed by atoms with Gasteiger partial charge in [0.05, 0.1) is 12.9 Å². The lowest BCUT2D eigenvalue weighted by Crippen LogP contribution is -2.35. The van der Waals surface area contributed by atoms with Crippen LogP contribution in [0.3, 0.4) is 0 Å². The van der Waals surface area contributed by atoms with Crippen molar-refractivity contribution in [1.82, 2.24) is 19.5 Å². The maximum Gasteiger partial charge on any atom is 0.490 e. The first-order valence-electron chi connectivity index (χ1n) is 9.41. The van der Waals surface area contributed by atoms with E-state index in [0.717, 1.165) is 17.2 Å². The summed E-state index contributed by atoms with van der Waals surface area (Å²) in [4.78, 5) is 75.1. The lowest BCUT2D eigenvalue weighted by Gasteiger charge is -2.22. The second kappa shape index (κ2) is 11.3. The van der Waals surface area contributed by atoms with E-state index in [1.54, 1.807) is 0 Å². The van der Waals surface area contributed by atoms with Crippen LogP contribution >= 0.6 is 39.1 Å². The zero-order chi connectivity index (χ0) is 29.6. The maximum atomic E-state index is 12.1. The van der Waals surface area contributed by atoms with E-state index in [9.17, 15) is 47.5 Å². The van der Waals surface area contributed by atoms with Crippen LogP contribution in [0.2, 0.25) is 0 Å². The number of anilines is 1. The quantitative estimate of drug-likeness (QED) is 0.118. The maximum absolute atomic E-state index is 12.1. The molecule has 1 aliphatic heterocycles. The third-order valence-electron chi connectivity index (χ3n) is 4.25. The van der Waals surface area contributed by atoms with Gasteiger partial charge in [-0.3, -0.25) is 13.6 Å². The number of aliphatic hydroxyl groups is 1. The topological polar surface area (TPSA) is 372 Å². The molecule has 7 atom stereocenters. The molecule has 2 aromatic heterocycles. The van der Waals surface area contributed by atoms with Crippen molar-refractivity contribution in [2.24, 2.45) is 0 Å². The third kappa shape index (κ3) is 8.96. The molecule has 4 unspecified atom stereocenters. The summed E-state index contributed by atoms with van der Waals surface area (Å²) in [5, 5.41) is 10.6. The van der Waals surface area contributed by atoms with Crippen LogP contribution < -0.4 is 5.73 Å². The Balaban J connectivity index is 1.78. The summed E-state index contributed by atoms with van der Waals surface area (Å²) in [6.45, 7) is -1.27. The molecule has 1 fully saturated rings. The van der Waals surface area contributed by atoms with Crippen LogP contribution in [0.15, 0.2) is 12.7 Å². The van der Waals surface area contributed by atoms with Crippen LogP contribution in [0.4, 0.5) is 5.82 Å². The van der Waals surface area contributed by atoms with Crippen molar-refractivity contribution in [1.29, 1.82) is 0 Å². The van der Waals surface area contributed by atoms with Crippen molar-refractivity contribution in [3.63, 3.8) is 0 Å². The molecular formula is C10H18N5O19P5. The van der Waals surface area contributed by atoms with E-state index in [0.29, 0.717) is 0 Å². The summed E-state index contributed by atoms with van der Waals surface area (Å²) in [5.74, 6) is -0.0817. The molecule has 0 bridgehead atoms. The number of rotatable bonds is 12. The molecule has 1 aliphatic rings. The average Bonchev–Trinajstić information content (AvgIpc) is 3.24. The van der Waals surface area contributed by atoms with E-state index >= 15 is 0 Å². The highest BCUT2D eigenvalue weighted by atomic mass is 31.3. The number of nitrogen functional groups attached to an aromatic ring is 1. The molecule has 3 heterocycles. The van der Waals surface area contributed by atoms with Gasteiger partial charge in [-0.2, -0.15) is 12.9 Å². The smallest absolute Gasteiger partial charge is 0.386 e. The average molecular weight is 667 g/mol. The number of fused-ring (bicyclic) bond motifs is 1. The fraction of sp³-hybridized carbons (Fsp3) is 0.500. The SMILES string of the molecule is Nc1ncnc2c1ncn2[C@@H]1O[C@H](COP(=O)(O)OP(=O)(O)OP(=O)(O)OP(=O)(O)O)C(OP(=O)(O)O)[C@@H]1O. The lowest BCUT2D eigenvalue weighted by atomic mass is 10.1. The van der Waals surface area contributed by atoms with Gasteiger partial charge in [0.15, 0.2) is 17.7 Å².